The molecular formula is C19H23NO6S. The summed E-state index contributed by atoms with van der Waals surface area (Å²) in [4.78, 5) is 25.1. The van der Waals surface area contributed by atoms with E-state index in [1.807, 2.05) is 0 Å². The fraction of sp³-hybridized carbons (Fsp3) is 0.368. The van der Waals surface area contributed by atoms with Crippen LogP contribution >= 0.6 is 0 Å². The number of carboxylic acid groups (broad SMARTS) is 1. The Kier molecular flexibility index (Phi) is 6.43. The van der Waals surface area contributed by atoms with Crippen molar-refractivity contribution in [3.63, 3.8) is 0 Å². The molecule has 0 saturated carbocycles. The van der Waals surface area contributed by atoms with Crippen molar-refractivity contribution in [1.82, 2.24) is 4.90 Å². The van der Waals surface area contributed by atoms with E-state index in [-0.39, 0.29) is 35.1 Å². The zero-order valence-corrected chi connectivity index (χ0v) is 16.4. The highest BCUT2D eigenvalue weighted by Gasteiger charge is 2.17. The first-order chi connectivity index (χ1) is 12.6. The van der Waals surface area contributed by atoms with Crippen LogP contribution in [0.5, 0.6) is 0 Å². The van der Waals surface area contributed by atoms with Gasteiger partial charge in [-0.2, -0.15) is 0 Å². The molecule has 27 heavy (non-hydrogen) atoms. The first kappa shape index (κ1) is 20.7. The molecule has 1 aromatic heterocycles. The summed E-state index contributed by atoms with van der Waals surface area (Å²) in [6, 6.07) is 7.97. The molecule has 0 bridgehead atoms. The summed E-state index contributed by atoms with van der Waals surface area (Å²) >= 11 is 0. The fourth-order valence-electron chi connectivity index (χ4n) is 2.63. The van der Waals surface area contributed by atoms with Crippen LogP contribution in [0.25, 0.3) is 0 Å². The van der Waals surface area contributed by atoms with Crippen LogP contribution in [0.2, 0.25) is 0 Å². The average molecular weight is 393 g/mol. The van der Waals surface area contributed by atoms with Gasteiger partial charge in [0.15, 0.2) is 9.84 Å². The number of carbonyl (C=O) groups is 2. The molecule has 8 heteroatoms. The maximum atomic E-state index is 12.3. The lowest BCUT2D eigenvalue weighted by atomic mass is 10.1. The molecule has 1 heterocycles. The predicted molar refractivity (Wildman–Crippen MR) is 99.4 cm³/mol. The van der Waals surface area contributed by atoms with Gasteiger partial charge in [0.05, 0.1) is 17.2 Å². The number of sulfone groups is 1. The van der Waals surface area contributed by atoms with Gasteiger partial charge in [-0.1, -0.05) is 19.1 Å². The van der Waals surface area contributed by atoms with E-state index >= 15 is 0 Å². The Bertz CT molecular complexity index is 928. The van der Waals surface area contributed by atoms with E-state index in [0.29, 0.717) is 17.9 Å². The SMILES string of the molecule is CCS(=O)(=O)c1ccc(CCC(=O)N(C)Cc2cc(C(=O)O)c(C)o2)cc1. The first-order valence-corrected chi connectivity index (χ1v) is 10.2. The number of furan rings is 1. The van der Waals surface area contributed by atoms with Crippen LogP contribution in [0.4, 0.5) is 0 Å². The minimum absolute atomic E-state index is 0.0471. The van der Waals surface area contributed by atoms with E-state index in [2.05, 4.69) is 0 Å². The first-order valence-electron chi connectivity index (χ1n) is 8.52. The molecule has 0 unspecified atom stereocenters. The van der Waals surface area contributed by atoms with Crippen molar-refractivity contribution in [1.29, 1.82) is 0 Å². The van der Waals surface area contributed by atoms with Crippen LogP contribution in [0.15, 0.2) is 39.6 Å². The van der Waals surface area contributed by atoms with Crippen LogP contribution in [-0.4, -0.2) is 43.1 Å². The summed E-state index contributed by atoms with van der Waals surface area (Å²) in [6.07, 6.45) is 0.731. The van der Waals surface area contributed by atoms with Gasteiger partial charge in [-0.05, 0) is 37.1 Å². The lowest BCUT2D eigenvalue weighted by Crippen LogP contribution is -2.26. The fourth-order valence-corrected chi connectivity index (χ4v) is 3.51. The Morgan fingerprint density at radius 2 is 1.81 bits per heavy atom. The number of aryl methyl sites for hydroxylation is 2. The molecule has 0 aliphatic carbocycles. The lowest BCUT2D eigenvalue weighted by molar-refractivity contribution is -0.130. The lowest BCUT2D eigenvalue weighted by Gasteiger charge is -2.15. The molecule has 7 nitrogen and oxygen atoms in total. The van der Waals surface area contributed by atoms with E-state index in [1.165, 1.54) is 11.0 Å². The van der Waals surface area contributed by atoms with Crippen LogP contribution < -0.4 is 0 Å². The highest BCUT2D eigenvalue weighted by molar-refractivity contribution is 7.91. The zero-order valence-electron chi connectivity index (χ0n) is 15.6. The van der Waals surface area contributed by atoms with Gasteiger partial charge >= 0.3 is 5.97 Å². The van der Waals surface area contributed by atoms with E-state index in [0.717, 1.165) is 5.56 Å². The standard InChI is InChI=1S/C19H23NO6S/c1-4-27(24,25)16-8-5-14(6-9-16)7-10-18(21)20(3)12-15-11-17(19(22)23)13(2)26-15/h5-6,8-9,11H,4,7,10,12H2,1-3H3,(H,22,23). The highest BCUT2D eigenvalue weighted by atomic mass is 32.2. The van der Waals surface area contributed by atoms with Gasteiger partial charge in [0, 0.05) is 13.5 Å². The number of hydrogen-bond acceptors (Lipinski definition) is 5. The molecule has 0 radical (unpaired) electrons. The van der Waals surface area contributed by atoms with Crippen molar-refractivity contribution in [3.8, 4) is 0 Å². The van der Waals surface area contributed by atoms with Gasteiger partial charge in [-0.3, -0.25) is 4.79 Å². The molecule has 0 atom stereocenters. The third-order valence-corrected chi connectivity index (χ3v) is 6.06. The van der Waals surface area contributed by atoms with Crippen molar-refractivity contribution in [2.24, 2.45) is 0 Å². The summed E-state index contributed by atoms with van der Waals surface area (Å²) in [5, 5.41) is 9.04. The summed E-state index contributed by atoms with van der Waals surface area (Å²) in [7, 11) is -1.61. The minimum Gasteiger partial charge on any atom is -0.478 e. The molecular weight excluding hydrogens is 370 g/mol. The molecule has 0 saturated heterocycles. The highest BCUT2D eigenvalue weighted by Crippen LogP contribution is 2.17. The Hall–Kier alpha value is -2.61. The molecule has 2 rings (SSSR count). The van der Waals surface area contributed by atoms with Crippen molar-refractivity contribution < 1.29 is 27.5 Å². The van der Waals surface area contributed by atoms with Crippen LogP contribution in [-0.2, 0) is 27.6 Å². The zero-order chi connectivity index (χ0) is 20.2. The Balaban J connectivity index is 1.93. The summed E-state index contributed by atoms with van der Waals surface area (Å²) in [6.45, 7) is 3.34. The van der Waals surface area contributed by atoms with Crippen LogP contribution in [0.1, 0.15) is 40.8 Å². The van der Waals surface area contributed by atoms with Crippen molar-refractivity contribution in [3.05, 3.63) is 53.0 Å². The largest absolute Gasteiger partial charge is 0.478 e. The smallest absolute Gasteiger partial charge is 0.339 e. The number of carboxylic acids is 1. The quantitative estimate of drug-likeness (QED) is 0.739. The molecule has 0 aliphatic heterocycles. The second kappa shape index (κ2) is 8.39. The van der Waals surface area contributed by atoms with Gasteiger partial charge in [0.25, 0.3) is 0 Å². The molecule has 0 aliphatic rings. The van der Waals surface area contributed by atoms with E-state index in [4.69, 9.17) is 9.52 Å². The Morgan fingerprint density at radius 3 is 2.33 bits per heavy atom. The Labute approximate surface area is 158 Å². The van der Waals surface area contributed by atoms with Gasteiger partial charge in [0.1, 0.15) is 17.1 Å². The molecule has 1 amide bonds. The third kappa shape index (κ3) is 5.19. The number of carbonyl (C=O) groups excluding carboxylic acids is 1. The van der Waals surface area contributed by atoms with E-state index in [1.54, 1.807) is 45.2 Å². The molecule has 0 fully saturated rings. The molecule has 1 aromatic carbocycles. The summed E-state index contributed by atoms with van der Waals surface area (Å²) in [5.74, 6) is -0.419. The van der Waals surface area contributed by atoms with Gasteiger partial charge < -0.3 is 14.4 Å². The maximum absolute atomic E-state index is 12.3. The molecule has 1 N–H and O–H groups in total. The van der Waals surface area contributed by atoms with Gasteiger partial charge in [-0.25, -0.2) is 13.2 Å². The molecule has 146 valence electrons. The molecule has 2 aromatic rings. The second-order valence-electron chi connectivity index (χ2n) is 6.28. The van der Waals surface area contributed by atoms with E-state index < -0.39 is 15.8 Å². The van der Waals surface area contributed by atoms with E-state index in [9.17, 15) is 18.0 Å². The van der Waals surface area contributed by atoms with Crippen molar-refractivity contribution in [2.45, 2.75) is 38.1 Å². The van der Waals surface area contributed by atoms with Gasteiger partial charge in [-0.15, -0.1) is 0 Å². The van der Waals surface area contributed by atoms with Crippen molar-refractivity contribution in [2.75, 3.05) is 12.8 Å². The van der Waals surface area contributed by atoms with Crippen LogP contribution in [0.3, 0.4) is 0 Å². The number of amides is 1. The second-order valence-corrected chi connectivity index (χ2v) is 8.56. The van der Waals surface area contributed by atoms with Gasteiger partial charge in [0.2, 0.25) is 5.91 Å². The molecule has 0 spiro atoms. The van der Waals surface area contributed by atoms with Crippen LogP contribution in [0, 0.1) is 6.92 Å². The maximum Gasteiger partial charge on any atom is 0.339 e. The summed E-state index contributed by atoms with van der Waals surface area (Å²) < 4.78 is 29.0. The number of rotatable bonds is 8. The number of nitrogens with zero attached hydrogens (tertiary/aromatic N) is 1. The Morgan fingerprint density at radius 1 is 1.19 bits per heavy atom. The minimum atomic E-state index is -3.23. The summed E-state index contributed by atoms with van der Waals surface area (Å²) in [5.41, 5.74) is 0.960. The number of hydrogen-bond donors (Lipinski definition) is 1. The normalized spacial score (nSPS) is 11.4. The topological polar surface area (TPSA) is 105 Å². The average Bonchev–Trinajstić information content (AvgIpc) is 3.00. The predicted octanol–water partition coefficient (Wildman–Crippen LogP) is 2.67. The third-order valence-electron chi connectivity index (χ3n) is 4.31. The number of aromatic carboxylic acids is 1. The monoisotopic (exact) mass is 393 g/mol. The van der Waals surface area contributed by atoms with Crippen molar-refractivity contribution >= 4 is 21.7 Å². The number of benzene rings is 1.